The summed E-state index contributed by atoms with van der Waals surface area (Å²) in [6.45, 7) is 0. The average molecular weight is 198 g/mol. The minimum atomic E-state index is -0.416. The number of aromatic nitrogens is 3. The molecule has 5 heteroatoms. The summed E-state index contributed by atoms with van der Waals surface area (Å²) < 4.78 is 0. The monoisotopic (exact) mass is 198 g/mol. The van der Waals surface area contributed by atoms with Gasteiger partial charge >= 0.3 is 0 Å². The predicted molar refractivity (Wildman–Crippen MR) is 52.8 cm³/mol. The second kappa shape index (κ2) is 3.72. The molecule has 0 aliphatic carbocycles. The summed E-state index contributed by atoms with van der Waals surface area (Å²) in [4.78, 5) is 21.8. The summed E-state index contributed by atoms with van der Waals surface area (Å²) in [5.41, 5.74) is 0.787. The molecule has 0 atom stereocenters. The Bertz CT molecular complexity index is 568. The summed E-state index contributed by atoms with van der Waals surface area (Å²) in [5.74, 6) is 0. The fraction of sp³-hybridized carbons (Fsp3) is 0. The first-order chi connectivity index (χ1) is 7.31. The van der Waals surface area contributed by atoms with Gasteiger partial charge in [-0.25, -0.2) is 0 Å². The van der Waals surface area contributed by atoms with E-state index in [1.807, 2.05) is 0 Å². The highest BCUT2D eigenvalue weighted by Crippen LogP contribution is 2.09. The maximum Gasteiger partial charge on any atom is 0.266 e. The van der Waals surface area contributed by atoms with Gasteiger partial charge in [-0.1, -0.05) is 0 Å². The van der Waals surface area contributed by atoms with E-state index in [0.717, 1.165) is 0 Å². The molecular formula is C10H6N4O. The molecule has 0 amide bonds. The molecule has 5 nitrogen and oxygen atoms in total. The standard InChI is InChI=1S/C10H6N4O/c11-5-7-1-2-8(14-10(7)15)9-6-12-3-4-13-9/h1-4,6H,(H,14,15). The van der Waals surface area contributed by atoms with Crippen LogP contribution in [0.15, 0.2) is 35.5 Å². The Morgan fingerprint density at radius 1 is 1.33 bits per heavy atom. The van der Waals surface area contributed by atoms with Gasteiger partial charge in [-0.3, -0.25) is 14.8 Å². The van der Waals surface area contributed by atoms with E-state index in [2.05, 4.69) is 15.0 Å². The van der Waals surface area contributed by atoms with Crippen LogP contribution in [0.25, 0.3) is 11.4 Å². The molecule has 0 fully saturated rings. The molecule has 0 aliphatic heterocycles. The lowest BCUT2D eigenvalue weighted by Gasteiger charge is -1.98. The lowest BCUT2D eigenvalue weighted by Crippen LogP contribution is -2.10. The minimum Gasteiger partial charge on any atom is -0.319 e. The van der Waals surface area contributed by atoms with Gasteiger partial charge in [0.1, 0.15) is 17.3 Å². The first kappa shape index (κ1) is 9.09. The molecule has 0 bridgehead atoms. The molecule has 0 unspecified atom stereocenters. The van der Waals surface area contributed by atoms with E-state index >= 15 is 0 Å². The van der Waals surface area contributed by atoms with Gasteiger partial charge in [0.25, 0.3) is 5.56 Å². The van der Waals surface area contributed by atoms with Crippen LogP contribution in [0.2, 0.25) is 0 Å². The van der Waals surface area contributed by atoms with Crippen molar-refractivity contribution in [1.82, 2.24) is 15.0 Å². The predicted octanol–water partition coefficient (Wildman–Crippen LogP) is 0.704. The number of nitrogens with zero attached hydrogens (tertiary/aromatic N) is 3. The van der Waals surface area contributed by atoms with Crippen LogP contribution in [0.4, 0.5) is 0 Å². The van der Waals surface area contributed by atoms with Gasteiger partial charge in [-0.15, -0.1) is 0 Å². The Morgan fingerprint density at radius 3 is 2.80 bits per heavy atom. The highest BCUT2D eigenvalue weighted by atomic mass is 16.1. The fourth-order valence-corrected chi connectivity index (χ4v) is 1.15. The largest absolute Gasteiger partial charge is 0.319 e. The Kier molecular flexibility index (Phi) is 2.25. The molecule has 2 rings (SSSR count). The van der Waals surface area contributed by atoms with E-state index < -0.39 is 5.56 Å². The number of nitriles is 1. The number of hydrogen-bond acceptors (Lipinski definition) is 4. The van der Waals surface area contributed by atoms with Crippen molar-refractivity contribution in [3.05, 3.63) is 46.6 Å². The fourth-order valence-electron chi connectivity index (χ4n) is 1.15. The Morgan fingerprint density at radius 2 is 2.20 bits per heavy atom. The van der Waals surface area contributed by atoms with Crippen molar-refractivity contribution in [2.75, 3.05) is 0 Å². The van der Waals surface area contributed by atoms with E-state index in [1.165, 1.54) is 18.5 Å². The molecular weight excluding hydrogens is 192 g/mol. The Labute approximate surface area is 85.1 Å². The Balaban J connectivity index is 2.54. The lowest BCUT2D eigenvalue weighted by molar-refractivity contribution is 1.15. The third-order valence-corrected chi connectivity index (χ3v) is 1.87. The number of rotatable bonds is 1. The summed E-state index contributed by atoms with van der Waals surface area (Å²) in [6.07, 6.45) is 4.62. The van der Waals surface area contributed by atoms with Crippen molar-refractivity contribution in [3.8, 4) is 17.5 Å². The van der Waals surface area contributed by atoms with E-state index in [1.54, 1.807) is 18.3 Å². The van der Waals surface area contributed by atoms with Crippen LogP contribution in [0.5, 0.6) is 0 Å². The zero-order valence-electron chi connectivity index (χ0n) is 7.64. The zero-order chi connectivity index (χ0) is 10.7. The third-order valence-electron chi connectivity index (χ3n) is 1.87. The van der Waals surface area contributed by atoms with E-state index in [4.69, 9.17) is 5.26 Å². The molecule has 0 radical (unpaired) electrons. The molecule has 2 aromatic rings. The first-order valence-electron chi connectivity index (χ1n) is 4.21. The van der Waals surface area contributed by atoms with Crippen molar-refractivity contribution in [2.24, 2.45) is 0 Å². The molecule has 0 saturated carbocycles. The quantitative estimate of drug-likeness (QED) is 0.731. The molecule has 2 heterocycles. The van der Waals surface area contributed by atoms with E-state index in [-0.39, 0.29) is 5.56 Å². The number of hydrogen-bond donors (Lipinski definition) is 1. The van der Waals surface area contributed by atoms with E-state index in [0.29, 0.717) is 11.4 Å². The van der Waals surface area contributed by atoms with Gasteiger partial charge in [0.2, 0.25) is 0 Å². The molecule has 1 N–H and O–H groups in total. The van der Waals surface area contributed by atoms with Crippen LogP contribution in [-0.2, 0) is 0 Å². The normalized spacial score (nSPS) is 9.53. The molecule has 0 saturated heterocycles. The van der Waals surface area contributed by atoms with Crippen molar-refractivity contribution in [3.63, 3.8) is 0 Å². The van der Waals surface area contributed by atoms with Crippen molar-refractivity contribution in [1.29, 1.82) is 5.26 Å². The van der Waals surface area contributed by atoms with Gasteiger partial charge in [0, 0.05) is 12.4 Å². The van der Waals surface area contributed by atoms with Gasteiger partial charge in [0.05, 0.1) is 11.9 Å². The van der Waals surface area contributed by atoms with Crippen LogP contribution < -0.4 is 5.56 Å². The summed E-state index contributed by atoms with van der Waals surface area (Å²) in [7, 11) is 0. The maximum absolute atomic E-state index is 11.3. The third kappa shape index (κ3) is 1.74. The van der Waals surface area contributed by atoms with E-state index in [9.17, 15) is 4.79 Å². The lowest BCUT2D eigenvalue weighted by atomic mass is 10.2. The topological polar surface area (TPSA) is 82.4 Å². The molecule has 15 heavy (non-hydrogen) atoms. The summed E-state index contributed by atoms with van der Waals surface area (Å²) in [5, 5.41) is 8.58. The van der Waals surface area contributed by atoms with Crippen LogP contribution in [0, 0.1) is 11.3 Å². The Hall–Kier alpha value is -2.48. The SMILES string of the molecule is N#Cc1ccc(-c2cnccn2)[nH]c1=O. The van der Waals surface area contributed by atoms with Gasteiger partial charge in [-0.2, -0.15) is 5.26 Å². The second-order valence-corrected chi connectivity index (χ2v) is 2.82. The molecule has 0 aliphatic rings. The molecule has 0 aromatic carbocycles. The van der Waals surface area contributed by atoms with Crippen LogP contribution in [-0.4, -0.2) is 15.0 Å². The van der Waals surface area contributed by atoms with Crippen molar-refractivity contribution in [2.45, 2.75) is 0 Å². The van der Waals surface area contributed by atoms with Gasteiger partial charge in [-0.05, 0) is 12.1 Å². The maximum atomic E-state index is 11.3. The van der Waals surface area contributed by atoms with Crippen LogP contribution in [0.3, 0.4) is 0 Å². The van der Waals surface area contributed by atoms with Crippen molar-refractivity contribution >= 4 is 0 Å². The van der Waals surface area contributed by atoms with Gasteiger partial charge in [0.15, 0.2) is 0 Å². The number of pyridine rings is 1. The van der Waals surface area contributed by atoms with Crippen molar-refractivity contribution < 1.29 is 0 Å². The molecule has 72 valence electrons. The highest BCUT2D eigenvalue weighted by molar-refractivity contribution is 5.52. The van der Waals surface area contributed by atoms with Crippen LogP contribution in [0.1, 0.15) is 5.56 Å². The second-order valence-electron chi connectivity index (χ2n) is 2.82. The summed E-state index contributed by atoms with van der Waals surface area (Å²) in [6, 6.07) is 4.88. The summed E-state index contributed by atoms with van der Waals surface area (Å²) >= 11 is 0. The molecule has 0 spiro atoms. The molecule has 2 aromatic heterocycles. The number of aromatic amines is 1. The average Bonchev–Trinajstić information content (AvgIpc) is 2.30. The van der Waals surface area contributed by atoms with Gasteiger partial charge < -0.3 is 4.98 Å². The number of nitrogens with one attached hydrogen (secondary N) is 1. The zero-order valence-corrected chi connectivity index (χ0v) is 7.64. The van der Waals surface area contributed by atoms with Crippen LogP contribution >= 0.6 is 0 Å². The smallest absolute Gasteiger partial charge is 0.266 e. The first-order valence-corrected chi connectivity index (χ1v) is 4.21. The number of H-pyrrole nitrogens is 1. The highest BCUT2D eigenvalue weighted by Gasteiger charge is 2.02. The minimum absolute atomic E-state index is 0.0858.